The summed E-state index contributed by atoms with van der Waals surface area (Å²) >= 11 is 0. The number of ether oxygens (including phenoxy) is 3. The molecular weight excluding hydrogens is 400 g/mol. The van der Waals surface area contributed by atoms with Crippen LogP contribution in [0.5, 0.6) is 23.0 Å². The number of phenols is 1. The number of aromatic hydroxyl groups is 1. The molecule has 0 aromatic heterocycles. The molecule has 0 aliphatic heterocycles. The first-order valence-corrected chi connectivity index (χ1v) is 10.7. The van der Waals surface area contributed by atoms with E-state index in [0.29, 0.717) is 22.6 Å². The molecule has 0 fully saturated rings. The molecule has 0 radical (unpaired) electrons. The quantitative estimate of drug-likeness (QED) is 0.354. The Morgan fingerprint density at radius 3 is 1.84 bits per heavy atom. The molecular formula is C28H30O4. The van der Waals surface area contributed by atoms with Crippen LogP contribution in [0.1, 0.15) is 31.9 Å². The Bertz CT molecular complexity index is 1310. The third kappa shape index (κ3) is 3.31. The third-order valence-electron chi connectivity index (χ3n) is 6.16. The molecule has 4 aromatic carbocycles. The highest BCUT2D eigenvalue weighted by Crippen LogP contribution is 2.52. The van der Waals surface area contributed by atoms with E-state index in [2.05, 4.69) is 45.0 Å². The van der Waals surface area contributed by atoms with Crippen LogP contribution in [0.15, 0.2) is 48.5 Å². The van der Waals surface area contributed by atoms with Crippen LogP contribution in [-0.4, -0.2) is 26.4 Å². The molecule has 4 nitrogen and oxygen atoms in total. The Hall–Kier alpha value is -3.40. The molecule has 0 bridgehead atoms. The molecule has 0 saturated heterocycles. The largest absolute Gasteiger partial charge is 0.507 e. The van der Waals surface area contributed by atoms with Gasteiger partial charge in [-0.15, -0.1) is 0 Å². The molecule has 0 amide bonds. The summed E-state index contributed by atoms with van der Waals surface area (Å²) < 4.78 is 17.6. The molecule has 4 aromatic rings. The van der Waals surface area contributed by atoms with Crippen molar-refractivity contribution >= 4 is 21.5 Å². The number of fused-ring (bicyclic) bond motifs is 2. The van der Waals surface area contributed by atoms with E-state index < -0.39 is 0 Å². The van der Waals surface area contributed by atoms with Crippen molar-refractivity contribution in [3.8, 4) is 34.1 Å². The fourth-order valence-electron chi connectivity index (χ4n) is 4.48. The topological polar surface area (TPSA) is 47.9 Å². The number of methoxy groups -OCH3 is 3. The van der Waals surface area contributed by atoms with Crippen LogP contribution < -0.4 is 14.2 Å². The Morgan fingerprint density at radius 2 is 1.28 bits per heavy atom. The van der Waals surface area contributed by atoms with Crippen molar-refractivity contribution in [1.29, 1.82) is 0 Å². The van der Waals surface area contributed by atoms with Gasteiger partial charge in [-0.05, 0) is 52.8 Å². The molecule has 0 aliphatic rings. The van der Waals surface area contributed by atoms with Crippen LogP contribution in [0.2, 0.25) is 0 Å². The van der Waals surface area contributed by atoms with Gasteiger partial charge < -0.3 is 19.3 Å². The predicted octanol–water partition coefficient (Wildman–Crippen LogP) is 7.00. The first kappa shape index (κ1) is 21.8. The standard InChI is InChI=1S/C28H30O4/c1-16-8-14-20(29)24-22(16)26(31-6)25-21(30-5)15-13-19(23(25)27(24)32-7)17-9-11-18(12-10-17)28(2,3)4/h8-15,29H,1-7H3. The van der Waals surface area contributed by atoms with Crippen molar-refractivity contribution in [2.45, 2.75) is 33.1 Å². The summed E-state index contributed by atoms with van der Waals surface area (Å²) in [7, 11) is 4.93. The fraction of sp³-hybridized carbons (Fsp3) is 0.286. The zero-order valence-electron chi connectivity index (χ0n) is 19.8. The summed E-state index contributed by atoms with van der Waals surface area (Å²) in [6.07, 6.45) is 0. The summed E-state index contributed by atoms with van der Waals surface area (Å²) in [5.41, 5.74) is 4.36. The van der Waals surface area contributed by atoms with Gasteiger partial charge in [0.1, 0.15) is 23.0 Å². The molecule has 0 spiro atoms. The van der Waals surface area contributed by atoms with Gasteiger partial charge >= 0.3 is 0 Å². The van der Waals surface area contributed by atoms with E-state index in [0.717, 1.165) is 32.8 Å². The van der Waals surface area contributed by atoms with Gasteiger partial charge in [0, 0.05) is 10.8 Å². The van der Waals surface area contributed by atoms with Crippen molar-refractivity contribution in [3.05, 3.63) is 59.7 Å². The summed E-state index contributed by atoms with van der Waals surface area (Å²) in [5.74, 6) is 2.11. The van der Waals surface area contributed by atoms with Gasteiger partial charge in [0.15, 0.2) is 0 Å². The molecule has 0 saturated carbocycles. The lowest BCUT2D eigenvalue weighted by Crippen LogP contribution is -2.10. The molecule has 32 heavy (non-hydrogen) atoms. The molecule has 166 valence electrons. The SMILES string of the molecule is COc1ccc(-c2ccc(C(C)(C)C)cc2)c2c(OC)c3c(O)ccc(C)c3c(OC)c12. The second-order valence-electron chi connectivity index (χ2n) is 9.11. The highest BCUT2D eigenvalue weighted by Gasteiger charge is 2.25. The number of hydrogen-bond donors (Lipinski definition) is 1. The average molecular weight is 431 g/mol. The van der Waals surface area contributed by atoms with Crippen LogP contribution >= 0.6 is 0 Å². The lowest BCUT2D eigenvalue weighted by molar-refractivity contribution is 0.403. The van der Waals surface area contributed by atoms with E-state index in [-0.39, 0.29) is 11.2 Å². The summed E-state index contributed by atoms with van der Waals surface area (Å²) in [4.78, 5) is 0. The lowest BCUT2D eigenvalue weighted by atomic mass is 9.85. The number of hydrogen-bond acceptors (Lipinski definition) is 4. The number of rotatable bonds is 4. The maximum atomic E-state index is 10.8. The summed E-state index contributed by atoms with van der Waals surface area (Å²) in [6, 6.07) is 16.2. The van der Waals surface area contributed by atoms with Crippen molar-refractivity contribution in [2.75, 3.05) is 21.3 Å². The van der Waals surface area contributed by atoms with Crippen LogP contribution in [-0.2, 0) is 5.41 Å². The van der Waals surface area contributed by atoms with E-state index in [9.17, 15) is 5.11 Å². The maximum absolute atomic E-state index is 10.8. The van der Waals surface area contributed by atoms with E-state index in [1.165, 1.54) is 5.56 Å². The zero-order chi connectivity index (χ0) is 23.2. The van der Waals surface area contributed by atoms with Gasteiger partial charge in [0.25, 0.3) is 0 Å². The van der Waals surface area contributed by atoms with Crippen LogP contribution in [0.25, 0.3) is 32.7 Å². The van der Waals surface area contributed by atoms with Crippen LogP contribution in [0.4, 0.5) is 0 Å². The average Bonchev–Trinajstić information content (AvgIpc) is 2.78. The second-order valence-corrected chi connectivity index (χ2v) is 9.11. The maximum Gasteiger partial charge on any atom is 0.139 e. The van der Waals surface area contributed by atoms with Crippen molar-refractivity contribution in [3.63, 3.8) is 0 Å². The first-order valence-electron chi connectivity index (χ1n) is 10.7. The van der Waals surface area contributed by atoms with Gasteiger partial charge in [-0.3, -0.25) is 0 Å². The smallest absolute Gasteiger partial charge is 0.139 e. The summed E-state index contributed by atoms with van der Waals surface area (Å²) in [6.45, 7) is 8.61. The van der Waals surface area contributed by atoms with E-state index in [4.69, 9.17) is 14.2 Å². The Morgan fingerprint density at radius 1 is 0.656 bits per heavy atom. The Labute approximate surface area is 189 Å². The lowest BCUT2D eigenvalue weighted by Gasteiger charge is -2.22. The normalized spacial score (nSPS) is 11.7. The van der Waals surface area contributed by atoms with Gasteiger partial charge in [0.05, 0.1) is 32.1 Å². The van der Waals surface area contributed by atoms with Crippen molar-refractivity contribution in [1.82, 2.24) is 0 Å². The number of phenolic OH excluding ortho intramolecular Hbond substituents is 1. The van der Waals surface area contributed by atoms with Crippen molar-refractivity contribution in [2.24, 2.45) is 0 Å². The van der Waals surface area contributed by atoms with Gasteiger partial charge in [-0.25, -0.2) is 0 Å². The minimum atomic E-state index is 0.0704. The summed E-state index contributed by atoms with van der Waals surface area (Å²) in [5, 5.41) is 14.0. The Kier molecular flexibility index (Phi) is 5.41. The van der Waals surface area contributed by atoms with Gasteiger partial charge in [-0.2, -0.15) is 0 Å². The van der Waals surface area contributed by atoms with Crippen molar-refractivity contribution < 1.29 is 19.3 Å². The minimum absolute atomic E-state index is 0.0704. The van der Waals surface area contributed by atoms with E-state index in [1.807, 2.05) is 25.1 Å². The van der Waals surface area contributed by atoms with Crippen LogP contribution in [0, 0.1) is 6.92 Å². The molecule has 4 rings (SSSR count). The molecule has 0 aliphatic carbocycles. The monoisotopic (exact) mass is 430 g/mol. The molecule has 0 atom stereocenters. The highest BCUT2D eigenvalue weighted by atomic mass is 16.5. The van der Waals surface area contributed by atoms with E-state index >= 15 is 0 Å². The van der Waals surface area contributed by atoms with Crippen LogP contribution in [0.3, 0.4) is 0 Å². The highest BCUT2D eigenvalue weighted by molar-refractivity contribution is 6.19. The predicted molar refractivity (Wildman–Crippen MR) is 132 cm³/mol. The molecule has 1 N–H and O–H groups in total. The zero-order valence-corrected chi connectivity index (χ0v) is 19.8. The molecule has 4 heteroatoms. The third-order valence-corrected chi connectivity index (χ3v) is 6.16. The molecule has 0 unspecified atom stereocenters. The number of benzene rings is 4. The van der Waals surface area contributed by atoms with Gasteiger partial charge in [0.2, 0.25) is 0 Å². The first-order chi connectivity index (χ1) is 15.2. The second kappa shape index (κ2) is 7.94. The van der Waals surface area contributed by atoms with E-state index in [1.54, 1.807) is 27.4 Å². The number of aryl methyl sites for hydroxylation is 1. The molecule has 0 heterocycles. The minimum Gasteiger partial charge on any atom is -0.507 e. The fourth-order valence-corrected chi connectivity index (χ4v) is 4.48. The van der Waals surface area contributed by atoms with Gasteiger partial charge in [-0.1, -0.05) is 51.1 Å². The Balaban J connectivity index is 2.20.